The second-order valence-corrected chi connectivity index (χ2v) is 4.53. The minimum atomic E-state index is -1.15. The van der Waals surface area contributed by atoms with Gasteiger partial charge in [0.2, 0.25) is 5.91 Å². The summed E-state index contributed by atoms with van der Waals surface area (Å²) in [6.45, 7) is 5.31. The molecule has 0 aliphatic carbocycles. The van der Waals surface area contributed by atoms with Crippen LogP contribution in [0.25, 0.3) is 0 Å². The van der Waals surface area contributed by atoms with Crippen LogP contribution in [0.2, 0.25) is 0 Å². The fourth-order valence-corrected chi connectivity index (χ4v) is 1.29. The summed E-state index contributed by atoms with van der Waals surface area (Å²) in [5.41, 5.74) is 5.39. The first-order valence-electron chi connectivity index (χ1n) is 6.23. The quantitative estimate of drug-likeness (QED) is 0.537. The summed E-state index contributed by atoms with van der Waals surface area (Å²) in [5, 5.41) is 11.0. The molecule has 0 aliphatic rings. The van der Waals surface area contributed by atoms with Crippen molar-refractivity contribution in [2.75, 3.05) is 0 Å². The monoisotopic (exact) mass is 274 g/mol. The summed E-state index contributed by atoms with van der Waals surface area (Å²) in [7, 11) is 0. The van der Waals surface area contributed by atoms with Crippen LogP contribution >= 0.6 is 0 Å². The molecule has 19 heavy (non-hydrogen) atoms. The van der Waals surface area contributed by atoms with E-state index in [0.717, 1.165) is 6.42 Å². The van der Waals surface area contributed by atoms with Crippen LogP contribution in [0.3, 0.4) is 0 Å². The van der Waals surface area contributed by atoms with Crippen LogP contribution in [0.5, 0.6) is 0 Å². The maximum atomic E-state index is 11.5. The number of hydrogen-bond donors (Lipinski definition) is 3. The van der Waals surface area contributed by atoms with Crippen molar-refractivity contribution in [3.8, 4) is 0 Å². The van der Waals surface area contributed by atoms with Gasteiger partial charge < -0.3 is 20.9 Å². The lowest BCUT2D eigenvalue weighted by atomic mass is 10.1. The van der Waals surface area contributed by atoms with E-state index in [0.29, 0.717) is 0 Å². The largest absolute Gasteiger partial charge is 0.481 e. The number of nitrogens with two attached hydrogens (primary N) is 1. The highest BCUT2D eigenvalue weighted by Crippen LogP contribution is 2.01. The molecule has 110 valence electrons. The lowest BCUT2D eigenvalue weighted by Gasteiger charge is -2.17. The van der Waals surface area contributed by atoms with Crippen molar-refractivity contribution < 1.29 is 24.2 Å². The molecule has 4 N–H and O–H groups in total. The highest BCUT2D eigenvalue weighted by atomic mass is 16.5. The maximum Gasteiger partial charge on any atom is 0.308 e. The third-order valence-electron chi connectivity index (χ3n) is 2.50. The van der Waals surface area contributed by atoms with Crippen molar-refractivity contribution in [1.82, 2.24) is 5.32 Å². The molecule has 0 bridgehead atoms. The predicted octanol–water partition coefficient (Wildman–Crippen LogP) is 0.0249. The average molecular weight is 274 g/mol. The number of rotatable bonds is 8. The number of hydrogen-bond acceptors (Lipinski definition) is 5. The van der Waals surface area contributed by atoms with Gasteiger partial charge in [-0.3, -0.25) is 14.4 Å². The first kappa shape index (κ1) is 17.4. The number of carboxylic acid groups (broad SMARTS) is 1. The molecule has 3 atom stereocenters. The van der Waals surface area contributed by atoms with Crippen molar-refractivity contribution in [3.63, 3.8) is 0 Å². The Morgan fingerprint density at radius 1 is 1.26 bits per heavy atom. The van der Waals surface area contributed by atoms with Gasteiger partial charge in [-0.05, 0) is 20.3 Å². The van der Waals surface area contributed by atoms with Crippen molar-refractivity contribution in [2.24, 2.45) is 5.73 Å². The van der Waals surface area contributed by atoms with Crippen molar-refractivity contribution in [2.45, 2.75) is 58.2 Å². The molecule has 0 radical (unpaired) electrons. The van der Waals surface area contributed by atoms with E-state index in [1.807, 2.05) is 6.92 Å². The van der Waals surface area contributed by atoms with Crippen LogP contribution in [0.1, 0.15) is 40.0 Å². The minimum Gasteiger partial charge on any atom is -0.481 e. The average Bonchev–Trinajstić information content (AvgIpc) is 2.27. The second-order valence-electron chi connectivity index (χ2n) is 4.53. The lowest BCUT2D eigenvalue weighted by molar-refractivity contribution is -0.149. The molecular formula is C12H22N2O5. The number of ether oxygens (including phenoxy) is 1. The van der Waals surface area contributed by atoms with Gasteiger partial charge in [-0.1, -0.05) is 6.92 Å². The van der Waals surface area contributed by atoms with Crippen LogP contribution in [0.15, 0.2) is 0 Å². The van der Waals surface area contributed by atoms with Crippen LogP contribution in [-0.4, -0.2) is 41.1 Å². The van der Waals surface area contributed by atoms with E-state index in [9.17, 15) is 14.4 Å². The van der Waals surface area contributed by atoms with Gasteiger partial charge in [-0.2, -0.15) is 0 Å². The molecule has 0 aromatic rings. The van der Waals surface area contributed by atoms with E-state index < -0.39 is 36.4 Å². The molecule has 0 saturated carbocycles. The Labute approximate surface area is 112 Å². The molecule has 0 aromatic heterocycles. The standard InChI is InChI=1S/C12H22N2O5/c1-4-8(3)19-11(17)5-7(2)14-12(18)9(13)6-10(15)16/h7-9H,4-6,13H2,1-3H3,(H,14,18)(H,15,16)/t7-,8?,9+/m0/s1. The van der Waals surface area contributed by atoms with Crippen LogP contribution in [0, 0.1) is 0 Å². The number of carbonyl (C=O) groups excluding carboxylic acids is 2. The molecule has 0 aromatic carbocycles. The highest BCUT2D eigenvalue weighted by molar-refractivity contribution is 5.86. The van der Waals surface area contributed by atoms with E-state index >= 15 is 0 Å². The summed E-state index contributed by atoms with van der Waals surface area (Å²) in [4.78, 5) is 33.3. The molecular weight excluding hydrogens is 252 g/mol. The fourth-order valence-electron chi connectivity index (χ4n) is 1.29. The van der Waals surface area contributed by atoms with E-state index in [4.69, 9.17) is 15.6 Å². The zero-order chi connectivity index (χ0) is 15.0. The maximum absolute atomic E-state index is 11.5. The molecule has 0 saturated heterocycles. The molecule has 1 unspecified atom stereocenters. The summed E-state index contributed by atoms with van der Waals surface area (Å²) in [5.74, 6) is -2.15. The molecule has 0 fully saturated rings. The van der Waals surface area contributed by atoms with Crippen molar-refractivity contribution in [3.05, 3.63) is 0 Å². The Morgan fingerprint density at radius 2 is 1.84 bits per heavy atom. The molecule has 7 nitrogen and oxygen atoms in total. The first-order valence-corrected chi connectivity index (χ1v) is 6.23. The minimum absolute atomic E-state index is 0.0237. The molecule has 7 heteroatoms. The molecule has 0 spiro atoms. The fraction of sp³-hybridized carbons (Fsp3) is 0.750. The third kappa shape index (κ3) is 8.15. The number of esters is 1. The predicted molar refractivity (Wildman–Crippen MR) is 68.3 cm³/mol. The molecule has 0 aliphatic heterocycles. The van der Waals surface area contributed by atoms with Gasteiger partial charge in [0.15, 0.2) is 0 Å². The van der Waals surface area contributed by atoms with Crippen LogP contribution in [-0.2, 0) is 19.1 Å². The Bertz CT molecular complexity index is 332. The lowest BCUT2D eigenvalue weighted by Crippen LogP contribution is -2.46. The van der Waals surface area contributed by atoms with Gasteiger partial charge in [0.1, 0.15) is 0 Å². The first-order chi connectivity index (χ1) is 8.76. The van der Waals surface area contributed by atoms with Gasteiger partial charge in [-0.25, -0.2) is 0 Å². The van der Waals surface area contributed by atoms with E-state index in [1.165, 1.54) is 0 Å². The van der Waals surface area contributed by atoms with Gasteiger partial charge >= 0.3 is 11.9 Å². The van der Waals surface area contributed by atoms with Crippen LogP contribution in [0.4, 0.5) is 0 Å². The van der Waals surface area contributed by atoms with E-state index in [1.54, 1.807) is 13.8 Å². The summed E-state index contributed by atoms with van der Waals surface area (Å²) >= 11 is 0. The summed E-state index contributed by atoms with van der Waals surface area (Å²) in [6.07, 6.45) is 0.131. The zero-order valence-corrected chi connectivity index (χ0v) is 11.5. The Kier molecular flexibility index (Phi) is 7.74. The van der Waals surface area contributed by atoms with Gasteiger partial charge in [0.25, 0.3) is 0 Å². The smallest absolute Gasteiger partial charge is 0.308 e. The number of amides is 1. The highest BCUT2D eigenvalue weighted by Gasteiger charge is 2.20. The summed E-state index contributed by atoms with van der Waals surface area (Å²) < 4.78 is 5.06. The van der Waals surface area contributed by atoms with Crippen molar-refractivity contribution >= 4 is 17.8 Å². The van der Waals surface area contributed by atoms with Gasteiger partial charge in [0, 0.05) is 6.04 Å². The van der Waals surface area contributed by atoms with E-state index in [2.05, 4.69) is 5.32 Å². The van der Waals surface area contributed by atoms with Gasteiger partial charge in [-0.15, -0.1) is 0 Å². The molecule has 0 heterocycles. The van der Waals surface area contributed by atoms with E-state index in [-0.39, 0.29) is 12.5 Å². The number of carboxylic acids is 1. The SMILES string of the molecule is CCC(C)OC(=O)C[C@H](C)NC(=O)[C@H](N)CC(=O)O. The topological polar surface area (TPSA) is 119 Å². The Morgan fingerprint density at radius 3 is 2.32 bits per heavy atom. The number of nitrogens with one attached hydrogen (secondary N) is 1. The molecule has 1 amide bonds. The number of aliphatic carboxylic acids is 1. The number of carbonyl (C=O) groups is 3. The Balaban J connectivity index is 4.09. The second kappa shape index (κ2) is 8.47. The zero-order valence-electron chi connectivity index (χ0n) is 11.5. The Hall–Kier alpha value is -1.63. The normalized spacial score (nSPS) is 15.2. The van der Waals surface area contributed by atoms with Gasteiger partial charge in [0.05, 0.1) is 25.0 Å². The van der Waals surface area contributed by atoms with Crippen molar-refractivity contribution in [1.29, 1.82) is 0 Å². The van der Waals surface area contributed by atoms with Crippen LogP contribution < -0.4 is 11.1 Å². The molecule has 0 rings (SSSR count). The summed E-state index contributed by atoms with van der Waals surface area (Å²) in [6, 6.07) is -1.57. The third-order valence-corrected chi connectivity index (χ3v) is 2.50.